The minimum Gasteiger partial charge on any atom is -0.478 e. The highest BCUT2D eigenvalue weighted by atomic mass is 16.4. The van der Waals surface area contributed by atoms with Crippen LogP contribution in [0, 0.1) is 0 Å². The first kappa shape index (κ1) is 14.6. The lowest BCUT2D eigenvalue weighted by Crippen LogP contribution is -1.94. The number of hydrogen-bond donors (Lipinski definition) is 2. The largest absolute Gasteiger partial charge is 0.478 e. The number of rotatable bonds is 3. The maximum absolute atomic E-state index is 10.4. The normalized spacial score (nSPS) is 8.53. The number of aliphatic carboxylic acids is 1. The van der Waals surface area contributed by atoms with E-state index in [4.69, 9.17) is 10.2 Å². The molecule has 0 aliphatic heterocycles. The molecule has 0 bridgehead atoms. The molecule has 0 fully saturated rings. The summed E-state index contributed by atoms with van der Waals surface area (Å²) in [7, 11) is 0. The zero-order valence-corrected chi connectivity index (χ0v) is 9.51. The number of benzene rings is 1. The van der Waals surface area contributed by atoms with Crippen LogP contribution in [0.1, 0.15) is 22.8 Å². The van der Waals surface area contributed by atoms with Crippen molar-refractivity contribution in [3.05, 3.63) is 54.1 Å². The molecule has 1 aromatic rings. The number of aromatic carboxylic acids is 1. The third-order valence-electron chi connectivity index (χ3n) is 1.76. The van der Waals surface area contributed by atoms with Crippen LogP contribution < -0.4 is 0 Å². The van der Waals surface area contributed by atoms with Crippen molar-refractivity contribution in [3.63, 3.8) is 0 Å². The van der Waals surface area contributed by atoms with Gasteiger partial charge in [-0.15, -0.1) is 0 Å². The van der Waals surface area contributed by atoms with Crippen LogP contribution in [0.15, 0.2) is 43.0 Å². The van der Waals surface area contributed by atoms with Gasteiger partial charge < -0.3 is 10.2 Å². The summed E-state index contributed by atoms with van der Waals surface area (Å²) >= 11 is 0. The van der Waals surface area contributed by atoms with Gasteiger partial charge in [-0.05, 0) is 24.6 Å². The molecule has 0 spiro atoms. The third kappa shape index (κ3) is 5.94. The summed E-state index contributed by atoms with van der Waals surface area (Å²) in [5, 5.41) is 16.4. The van der Waals surface area contributed by atoms with E-state index < -0.39 is 11.9 Å². The quantitative estimate of drug-likeness (QED) is 0.788. The first-order chi connectivity index (χ1) is 7.88. The molecule has 0 aliphatic carbocycles. The second-order valence-electron chi connectivity index (χ2n) is 3.22. The average molecular weight is 234 g/mol. The molecule has 90 valence electrons. The van der Waals surface area contributed by atoms with Gasteiger partial charge in [-0.2, -0.15) is 0 Å². The number of carbonyl (C=O) groups is 2. The van der Waals surface area contributed by atoms with E-state index in [1.807, 2.05) is 0 Å². The predicted molar refractivity (Wildman–Crippen MR) is 65.9 cm³/mol. The fourth-order valence-corrected chi connectivity index (χ4v) is 0.762. The van der Waals surface area contributed by atoms with Gasteiger partial charge in [0.15, 0.2) is 0 Å². The van der Waals surface area contributed by atoms with Gasteiger partial charge in [0.05, 0.1) is 5.56 Å². The molecule has 4 nitrogen and oxygen atoms in total. The van der Waals surface area contributed by atoms with Gasteiger partial charge in [0.1, 0.15) is 0 Å². The smallest absolute Gasteiger partial charge is 0.335 e. The molecule has 0 atom stereocenters. The van der Waals surface area contributed by atoms with E-state index >= 15 is 0 Å². The van der Waals surface area contributed by atoms with Crippen LogP contribution in [-0.4, -0.2) is 22.2 Å². The van der Waals surface area contributed by atoms with Gasteiger partial charge in [-0.3, -0.25) is 0 Å². The van der Waals surface area contributed by atoms with Gasteiger partial charge in [-0.1, -0.05) is 31.4 Å². The summed E-state index contributed by atoms with van der Waals surface area (Å²) in [5.41, 5.74) is 1.40. The van der Waals surface area contributed by atoms with E-state index in [0.29, 0.717) is 5.56 Å². The fraction of sp³-hybridized carbons (Fsp3) is 0.0769. The average Bonchev–Trinajstić information content (AvgIpc) is 2.29. The molecule has 2 N–H and O–H groups in total. The Balaban J connectivity index is 0.000000366. The summed E-state index contributed by atoms with van der Waals surface area (Å²) in [6.45, 7) is 8.16. The lowest BCUT2D eigenvalue weighted by Gasteiger charge is -1.93. The summed E-state index contributed by atoms with van der Waals surface area (Å²) in [4.78, 5) is 20.0. The highest BCUT2D eigenvalue weighted by Crippen LogP contribution is 2.04. The molecule has 0 amide bonds. The summed E-state index contributed by atoms with van der Waals surface area (Å²) in [6, 6.07) is 6.55. The Labute approximate surface area is 99.5 Å². The van der Waals surface area contributed by atoms with Crippen molar-refractivity contribution in [2.24, 2.45) is 0 Å². The van der Waals surface area contributed by atoms with Crippen LogP contribution in [-0.2, 0) is 4.79 Å². The van der Waals surface area contributed by atoms with Gasteiger partial charge in [0, 0.05) is 5.57 Å². The Hall–Kier alpha value is -2.36. The van der Waals surface area contributed by atoms with E-state index in [-0.39, 0.29) is 5.57 Å². The molecule has 1 aromatic carbocycles. The van der Waals surface area contributed by atoms with Crippen molar-refractivity contribution in [2.75, 3.05) is 0 Å². The third-order valence-corrected chi connectivity index (χ3v) is 1.76. The Bertz CT molecular complexity index is 417. The topological polar surface area (TPSA) is 74.6 Å². The number of carboxylic acids is 2. The molecule has 0 saturated heterocycles. The second kappa shape index (κ2) is 7.00. The number of carboxylic acid groups (broad SMARTS) is 2. The first-order valence-electron chi connectivity index (χ1n) is 4.73. The van der Waals surface area contributed by atoms with Crippen molar-refractivity contribution in [3.8, 4) is 0 Å². The van der Waals surface area contributed by atoms with Crippen LogP contribution in [0.4, 0.5) is 0 Å². The highest BCUT2D eigenvalue weighted by Gasteiger charge is 1.99. The fourth-order valence-electron chi connectivity index (χ4n) is 0.762. The van der Waals surface area contributed by atoms with E-state index in [9.17, 15) is 9.59 Å². The molecule has 0 unspecified atom stereocenters. The second-order valence-corrected chi connectivity index (χ2v) is 3.22. The highest BCUT2D eigenvalue weighted by molar-refractivity contribution is 5.87. The van der Waals surface area contributed by atoms with Gasteiger partial charge in [0.2, 0.25) is 0 Å². The SMILES string of the molecule is C=C(C)C(=O)O.C=Cc1ccc(C(=O)O)cc1. The van der Waals surface area contributed by atoms with E-state index in [2.05, 4.69) is 13.2 Å². The minimum absolute atomic E-state index is 0.176. The van der Waals surface area contributed by atoms with E-state index in [0.717, 1.165) is 5.56 Å². The Kier molecular flexibility index (Phi) is 6.03. The zero-order valence-electron chi connectivity index (χ0n) is 9.51. The Morgan fingerprint density at radius 1 is 1.18 bits per heavy atom. The lowest BCUT2D eigenvalue weighted by molar-refractivity contribution is -0.132. The van der Waals surface area contributed by atoms with Gasteiger partial charge in [0.25, 0.3) is 0 Å². The van der Waals surface area contributed by atoms with Crippen molar-refractivity contribution in [2.45, 2.75) is 6.92 Å². The van der Waals surface area contributed by atoms with Crippen LogP contribution in [0.5, 0.6) is 0 Å². The predicted octanol–water partition coefficient (Wildman–Crippen LogP) is 2.67. The Morgan fingerprint density at radius 2 is 1.59 bits per heavy atom. The molecule has 0 aliphatic rings. The zero-order chi connectivity index (χ0) is 13.4. The summed E-state index contributed by atoms with van der Waals surface area (Å²) < 4.78 is 0. The van der Waals surface area contributed by atoms with Crippen molar-refractivity contribution < 1.29 is 19.8 Å². The summed E-state index contributed by atoms with van der Waals surface area (Å²) in [6.07, 6.45) is 1.67. The van der Waals surface area contributed by atoms with Crippen molar-refractivity contribution >= 4 is 18.0 Å². The van der Waals surface area contributed by atoms with Crippen molar-refractivity contribution in [1.82, 2.24) is 0 Å². The van der Waals surface area contributed by atoms with Crippen LogP contribution in [0.3, 0.4) is 0 Å². The van der Waals surface area contributed by atoms with Crippen LogP contribution in [0.25, 0.3) is 6.08 Å². The van der Waals surface area contributed by atoms with E-state index in [1.165, 1.54) is 6.92 Å². The molecule has 17 heavy (non-hydrogen) atoms. The van der Waals surface area contributed by atoms with E-state index in [1.54, 1.807) is 30.3 Å². The lowest BCUT2D eigenvalue weighted by atomic mass is 10.1. The summed E-state index contributed by atoms with van der Waals surface area (Å²) in [5.74, 6) is -1.84. The molecule has 4 heteroatoms. The van der Waals surface area contributed by atoms with Crippen LogP contribution >= 0.6 is 0 Å². The monoisotopic (exact) mass is 234 g/mol. The maximum atomic E-state index is 10.4. The molecule has 1 rings (SSSR count). The maximum Gasteiger partial charge on any atom is 0.335 e. The standard InChI is InChI=1S/C9H8O2.C4H6O2/c1-2-7-3-5-8(6-4-7)9(10)11;1-3(2)4(5)6/h2-6H,1H2,(H,10,11);1H2,2H3,(H,5,6). The molecule has 0 radical (unpaired) electrons. The minimum atomic E-state index is -0.935. The van der Waals surface area contributed by atoms with Gasteiger partial charge >= 0.3 is 11.9 Å². The molecule has 0 heterocycles. The molecule has 0 saturated carbocycles. The molecule has 0 aromatic heterocycles. The van der Waals surface area contributed by atoms with Crippen LogP contribution in [0.2, 0.25) is 0 Å². The molecular formula is C13H14O4. The first-order valence-corrected chi connectivity index (χ1v) is 4.73. The Morgan fingerprint density at radius 3 is 1.82 bits per heavy atom. The number of hydrogen-bond acceptors (Lipinski definition) is 2. The molecular weight excluding hydrogens is 220 g/mol. The van der Waals surface area contributed by atoms with Crippen molar-refractivity contribution in [1.29, 1.82) is 0 Å². The van der Waals surface area contributed by atoms with Gasteiger partial charge in [-0.25, -0.2) is 9.59 Å².